The molecule has 19 heteroatoms. The second-order valence-electron chi connectivity index (χ2n) is 17.0. The summed E-state index contributed by atoms with van der Waals surface area (Å²) >= 11 is 1.10. The Balaban J connectivity index is 2.31. The number of aromatic hydroxyl groups is 1. The number of nitrogens with one attached hydrogen (secondary N) is 3. The predicted molar refractivity (Wildman–Crippen MR) is 240 cm³/mol. The van der Waals surface area contributed by atoms with E-state index < -0.39 is 59.4 Å². The second-order valence-corrected chi connectivity index (χ2v) is 17.9. The summed E-state index contributed by atoms with van der Waals surface area (Å²) in [5, 5.41) is 30.6. The number of rotatable bonds is 28. The van der Waals surface area contributed by atoms with E-state index in [1.54, 1.807) is 56.9 Å². The van der Waals surface area contributed by atoms with Gasteiger partial charge in [-0.15, -0.1) is 11.3 Å². The van der Waals surface area contributed by atoms with Gasteiger partial charge in [0, 0.05) is 44.4 Å². The first-order valence-corrected chi connectivity index (χ1v) is 22.3. The normalized spacial score (nSPS) is 14.6. The molecule has 1 aromatic carbocycles. The van der Waals surface area contributed by atoms with E-state index >= 15 is 0 Å². The Kier molecular flexibility index (Phi) is 22.6. The monoisotopic (exact) mass is 905 g/mol. The zero-order valence-corrected chi connectivity index (χ0v) is 39.6. The van der Waals surface area contributed by atoms with Gasteiger partial charge in [0.1, 0.15) is 22.5 Å². The van der Waals surface area contributed by atoms with Crippen LogP contribution >= 0.6 is 11.3 Å². The Morgan fingerprint density at radius 3 is 2.17 bits per heavy atom. The number of hydrogen-bond acceptors (Lipinski definition) is 14. The van der Waals surface area contributed by atoms with Gasteiger partial charge in [0.05, 0.1) is 50.0 Å². The average Bonchev–Trinajstić information content (AvgIpc) is 3.72. The molecule has 2 rings (SSSR count). The highest BCUT2D eigenvalue weighted by Crippen LogP contribution is 2.32. The van der Waals surface area contributed by atoms with Crippen LogP contribution in [0.1, 0.15) is 108 Å². The SMILES string of the molecule is CC[C@H](C)[C@H](NC(=O)C(C)(C)N(C)C)C(=O)N(C)[C@H](C[C@@H](OC(C)=O)c1nc(C(=O)N[C@@H](Cc2ccc(O)c(NC(=O)CCOCCOCCN)c2)CC(C)C(=O)O)cs1)C(C)C. The summed E-state index contributed by atoms with van der Waals surface area (Å²) in [6.45, 7) is 15.7. The number of amides is 4. The highest BCUT2D eigenvalue weighted by molar-refractivity contribution is 7.09. The van der Waals surface area contributed by atoms with Crippen LogP contribution in [0, 0.1) is 17.8 Å². The first-order chi connectivity index (χ1) is 29.5. The van der Waals surface area contributed by atoms with Crippen molar-refractivity contribution in [3.8, 4) is 5.75 Å². The minimum Gasteiger partial charge on any atom is -0.506 e. The Hall–Kier alpha value is -4.69. The molecule has 1 unspecified atom stereocenters. The number of phenols is 1. The van der Waals surface area contributed by atoms with Crippen molar-refractivity contribution in [2.45, 2.75) is 117 Å². The van der Waals surface area contributed by atoms with Gasteiger partial charge in [-0.1, -0.05) is 47.1 Å². The standard InChI is InChI=1S/C44H71N7O11S/c1-12-27(4)38(49-43(59)44(7,8)50(9)10)41(56)51(11)34(26(2)3)24-36(62-29(6)52)40-48-33(25-63-40)39(55)46-31(21-28(5)42(57)58)22-30-13-14-35(53)32(23-30)47-37(54)15-17-60-19-20-61-18-16-45/h13-14,23,25-28,31,34,36,38,53H,12,15-22,24,45H2,1-11H3,(H,46,55)(H,47,54)(H,49,59)(H,57,58)/t27-,28?,31+,34+,36+,38-/m0/s1. The molecule has 0 aliphatic carbocycles. The zero-order valence-electron chi connectivity index (χ0n) is 38.8. The van der Waals surface area contributed by atoms with Crippen LogP contribution in [0.25, 0.3) is 0 Å². The molecule has 2 aromatic rings. The van der Waals surface area contributed by atoms with Crippen molar-refractivity contribution in [2.75, 3.05) is 59.4 Å². The van der Waals surface area contributed by atoms with Gasteiger partial charge in [-0.3, -0.25) is 33.7 Å². The van der Waals surface area contributed by atoms with Crippen molar-refractivity contribution in [3.63, 3.8) is 0 Å². The molecule has 1 heterocycles. The van der Waals surface area contributed by atoms with E-state index in [-0.39, 0.29) is 73.1 Å². The van der Waals surface area contributed by atoms with Crippen LogP contribution in [0.5, 0.6) is 5.75 Å². The molecule has 7 N–H and O–H groups in total. The van der Waals surface area contributed by atoms with Crippen molar-refractivity contribution in [1.29, 1.82) is 0 Å². The molecule has 0 radical (unpaired) electrons. The number of thiazole rings is 1. The molecule has 4 amide bonds. The van der Waals surface area contributed by atoms with Crippen LogP contribution < -0.4 is 21.7 Å². The Bertz CT molecular complexity index is 1820. The molecule has 18 nitrogen and oxygen atoms in total. The summed E-state index contributed by atoms with van der Waals surface area (Å²) in [5.74, 6) is -4.54. The fourth-order valence-corrected chi connectivity index (χ4v) is 7.32. The summed E-state index contributed by atoms with van der Waals surface area (Å²) in [6, 6.07) is 2.56. The lowest BCUT2D eigenvalue weighted by Crippen LogP contribution is -2.60. The van der Waals surface area contributed by atoms with Crippen LogP contribution in [0.2, 0.25) is 0 Å². The molecule has 6 atom stereocenters. The van der Waals surface area contributed by atoms with E-state index in [0.717, 1.165) is 11.3 Å². The van der Waals surface area contributed by atoms with E-state index in [1.165, 1.54) is 25.3 Å². The Labute approximate surface area is 376 Å². The topological polar surface area (TPSA) is 252 Å². The van der Waals surface area contributed by atoms with Gasteiger partial charge in [-0.05, 0) is 70.3 Å². The van der Waals surface area contributed by atoms with Gasteiger partial charge in [0.2, 0.25) is 17.7 Å². The number of esters is 1. The average molecular weight is 906 g/mol. The fourth-order valence-electron chi connectivity index (χ4n) is 6.48. The van der Waals surface area contributed by atoms with Gasteiger partial charge in [-0.2, -0.15) is 0 Å². The minimum absolute atomic E-state index is 0.0144. The van der Waals surface area contributed by atoms with Crippen LogP contribution in [0.15, 0.2) is 23.6 Å². The van der Waals surface area contributed by atoms with E-state index in [2.05, 4.69) is 20.9 Å². The van der Waals surface area contributed by atoms with Gasteiger partial charge < -0.3 is 51.0 Å². The number of aromatic nitrogens is 1. The largest absolute Gasteiger partial charge is 0.506 e. The maximum atomic E-state index is 14.2. The first-order valence-electron chi connectivity index (χ1n) is 21.4. The van der Waals surface area contributed by atoms with Crippen molar-refractivity contribution < 1.29 is 53.2 Å². The molecule has 0 bridgehead atoms. The third kappa shape index (κ3) is 17.4. The third-order valence-electron chi connectivity index (χ3n) is 11.2. The molecule has 63 heavy (non-hydrogen) atoms. The smallest absolute Gasteiger partial charge is 0.306 e. The number of anilines is 1. The molecule has 0 saturated heterocycles. The van der Waals surface area contributed by atoms with Crippen molar-refractivity contribution in [2.24, 2.45) is 23.5 Å². The first kappa shape index (κ1) is 54.4. The lowest BCUT2D eigenvalue weighted by Gasteiger charge is -2.38. The molecule has 0 fully saturated rings. The Morgan fingerprint density at radius 2 is 1.60 bits per heavy atom. The molecule has 0 saturated carbocycles. The summed E-state index contributed by atoms with van der Waals surface area (Å²) < 4.78 is 16.4. The number of nitrogens with zero attached hydrogens (tertiary/aromatic N) is 3. The molecule has 0 aliphatic heterocycles. The van der Waals surface area contributed by atoms with Crippen LogP contribution in [-0.2, 0) is 44.6 Å². The lowest BCUT2D eigenvalue weighted by atomic mass is 9.92. The zero-order chi connectivity index (χ0) is 47.6. The maximum Gasteiger partial charge on any atom is 0.306 e. The number of carbonyl (C=O) groups excluding carboxylic acids is 5. The van der Waals surface area contributed by atoms with Crippen LogP contribution in [0.3, 0.4) is 0 Å². The summed E-state index contributed by atoms with van der Waals surface area (Å²) in [6.07, 6.45) is 0.0555. The summed E-state index contributed by atoms with van der Waals surface area (Å²) in [7, 11) is 5.26. The van der Waals surface area contributed by atoms with E-state index in [0.29, 0.717) is 43.4 Å². The van der Waals surface area contributed by atoms with E-state index in [1.807, 2.05) is 27.7 Å². The number of ether oxygens (including phenoxy) is 3. The third-order valence-corrected chi connectivity index (χ3v) is 12.1. The highest BCUT2D eigenvalue weighted by atomic mass is 32.1. The van der Waals surface area contributed by atoms with Gasteiger partial charge in [0.25, 0.3) is 5.91 Å². The fraction of sp³-hybridized carbons (Fsp3) is 0.659. The van der Waals surface area contributed by atoms with Crippen molar-refractivity contribution >= 4 is 52.6 Å². The van der Waals surface area contributed by atoms with E-state index in [9.17, 15) is 39.0 Å². The minimum atomic E-state index is -1.06. The number of carbonyl (C=O) groups is 6. The quantitative estimate of drug-likeness (QED) is 0.0402. The van der Waals surface area contributed by atoms with Crippen LogP contribution in [0.4, 0.5) is 5.69 Å². The number of carboxylic acid groups (broad SMARTS) is 1. The highest BCUT2D eigenvalue weighted by Gasteiger charge is 2.39. The molecular formula is C44H71N7O11S. The number of nitrogens with two attached hydrogens (primary N) is 1. The number of benzene rings is 1. The second kappa shape index (κ2) is 26.2. The van der Waals surface area contributed by atoms with Gasteiger partial charge >= 0.3 is 11.9 Å². The molecule has 0 spiro atoms. The van der Waals surface area contributed by atoms with Crippen molar-refractivity contribution in [1.82, 2.24) is 25.4 Å². The molecule has 0 aliphatic rings. The predicted octanol–water partition coefficient (Wildman–Crippen LogP) is 3.97. The van der Waals surface area contributed by atoms with Crippen molar-refractivity contribution in [3.05, 3.63) is 39.8 Å². The summed E-state index contributed by atoms with van der Waals surface area (Å²) in [4.78, 5) is 86.3. The molecular weight excluding hydrogens is 835 g/mol. The molecule has 354 valence electrons. The van der Waals surface area contributed by atoms with E-state index in [4.69, 9.17) is 19.9 Å². The lowest BCUT2D eigenvalue weighted by molar-refractivity contribution is -0.149. The number of hydrogen-bond donors (Lipinski definition) is 6. The van der Waals surface area contributed by atoms with Gasteiger partial charge in [0.15, 0.2) is 6.10 Å². The summed E-state index contributed by atoms with van der Waals surface area (Å²) in [5.41, 5.74) is 5.26. The maximum absolute atomic E-state index is 14.2. The number of aliphatic carboxylic acids is 1. The number of phenolic OH excluding ortho intramolecular Hbond substituents is 1. The molecule has 1 aromatic heterocycles. The van der Waals surface area contributed by atoms with Gasteiger partial charge in [-0.25, -0.2) is 4.98 Å². The number of likely N-dealkylation sites (N-methyl/N-ethyl adjacent to an activating group) is 2. The number of carboxylic acids is 1. The van der Waals surface area contributed by atoms with Crippen LogP contribution in [-0.4, -0.2) is 138 Å². The Morgan fingerprint density at radius 1 is 0.952 bits per heavy atom.